The highest BCUT2D eigenvalue weighted by molar-refractivity contribution is 5.38. The van der Waals surface area contributed by atoms with Gasteiger partial charge in [-0.25, -0.2) is 9.50 Å². The van der Waals surface area contributed by atoms with Crippen LogP contribution in [0.2, 0.25) is 0 Å². The van der Waals surface area contributed by atoms with Gasteiger partial charge in [-0.1, -0.05) is 0 Å². The lowest BCUT2D eigenvalue weighted by atomic mass is 10.3. The van der Waals surface area contributed by atoms with Crippen LogP contribution in [0.1, 0.15) is 17.7 Å². The molecule has 1 aliphatic rings. The Morgan fingerprint density at radius 2 is 2.23 bits per heavy atom. The van der Waals surface area contributed by atoms with Gasteiger partial charge in [-0.05, 0) is 24.8 Å². The van der Waals surface area contributed by atoms with Crippen LogP contribution in [0, 0.1) is 0 Å². The van der Waals surface area contributed by atoms with Gasteiger partial charge in [0.2, 0.25) is 5.95 Å². The summed E-state index contributed by atoms with van der Waals surface area (Å²) < 4.78 is 1.65. The standard InChI is InChI=1S/C8H9N5/c9-7-11-8-10-6-3-1-2-5(6)4-13(8)12-7/h4H,1-3H2,(H2,9,12). The average molecular weight is 175 g/mol. The minimum Gasteiger partial charge on any atom is -0.366 e. The van der Waals surface area contributed by atoms with Crippen molar-refractivity contribution in [2.75, 3.05) is 5.73 Å². The summed E-state index contributed by atoms with van der Waals surface area (Å²) in [5.41, 5.74) is 7.90. The van der Waals surface area contributed by atoms with Gasteiger partial charge in [-0.15, -0.1) is 5.10 Å². The zero-order valence-electron chi connectivity index (χ0n) is 7.06. The van der Waals surface area contributed by atoms with E-state index in [0.717, 1.165) is 18.5 Å². The third-order valence-electron chi connectivity index (χ3n) is 2.37. The number of rotatable bonds is 0. The second-order valence-electron chi connectivity index (χ2n) is 3.28. The average Bonchev–Trinajstić information content (AvgIpc) is 2.63. The van der Waals surface area contributed by atoms with E-state index in [4.69, 9.17) is 5.73 Å². The highest BCUT2D eigenvalue weighted by atomic mass is 15.4. The molecule has 0 saturated carbocycles. The normalized spacial score (nSPS) is 15.1. The number of aryl methyl sites for hydroxylation is 2. The molecule has 66 valence electrons. The SMILES string of the molecule is Nc1nc2nc3c(cn2n1)CCC3. The highest BCUT2D eigenvalue weighted by Gasteiger charge is 2.14. The maximum atomic E-state index is 5.47. The Bertz CT molecular complexity index is 432. The highest BCUT2D eigenvalue weighted by Crippen LogP contribution is 2.19. The summed E-state index contributed by atoms with van der Waals surface area (Å²) in [6.45, 7) is 0. The number of aromatic nitrogens is 4. The van der Waals surface area contributed by atoms with Crippen molar-refractivity contribution in [3.05, 3.63) is 17.5 Å². The van der Waals surface area contributed by atoms with E-state index < -0.39 is 0 Å². The number of hydrogen-bond donors (Lipinski definition) is 1. The molecule has 3 rings (SSSR count). The molecule has 5 heteroatoms. The Labute approximate surface area is 74.6 Å². The van der Waals surface area contributed by atoms with E-state index in [1.807, 2.05) is 6.20 Å². The maximum absolute atomic E-state index is 5.47. The summed E-state index contributed by atoms with van der Waals surface area (Å²) in [5.74, 6) is 0.898. The molecular formula is C8H9N5. The van der Waals surface area contributed by atoms with Gasteiger partial charge in [-0.3, -0.25) is 0 Å². The van der Waals surface area contributed by atoms with E-state index in [1.165, 1.54) is 12.0 Å². The molecule has 0 aliphatic heterocycles. The minimum absolute atomic E-state index is 0.288. The van der Waals surface area contributed by atoms with E-state index in [9.17, 15) is 0 Å². The molecule has 2 heterocycles. The van der Waals surface area contributed by atoms with E-state index >= 15 is 0 Å². The van der Waals surface area contributed by atoms with Gasteiger partial charge in [0, 0.05) is 11.9 Å². The maximum Gasteiger partial charge on any atom is 0.254 e. The number of nitrogens with zero attached hydrogens (tertiary/aromatic N) is 4. The lowest BCUT2D eigenvalue weighted by Crippen LogP contribution is -1.96. The molecule has 1 aliphatic carbocycles. The molecule has 0 atom stereocenters. The molecule has 13 heavy (non-hydrogen) atoms. The Morgan fingerprint density at radius 3 is 3.15 bits per heavy atom. The minimum atomic E-state index is 0.288. The molecule has 2 aromatic rings. The first-order valence-electron chi connectivity index (χ1n) is 4.33. The largest absolute Gasteiger partial charge is 0.366 e. The summed E-state index contributed by atoms with van der Waals surface area (Å²) in [6, 6.07) is 0. The summed E-state index contributed by atoms with van der Waals surface area (Å²) in [7, 11) is 0. The van der Waals surface area contributed by atoms with Gasteiger partial charge < -0.3 is 5.73 Å². The number of nitrogens with two attached hydrogens (primary N) is 1. The van der Waals surface area contributed by atoms with Crippen LogP contribution in [-0.2, 0) is 12.8 Å². The Morgan fingerprint density at radius 1 is 1.31 bits per heavy atom. The molecule has 0 bridgehead atoms. The van der Waals surface area contributed by atoms with Crippen LogP contribution in [0.3, 0.4) is 0 Å². The molecule has 0 unspecified atom stereocenters. The van der Waals surface area contributed by atoms with Crippen molar-refractivity contribution in [2.24, 2.45) is 0 Å². The number of anilines is 1. The molecule has 0 amide bonds. The van der Waals surface area contributed by atoms with Gasteiger partial charge in [0.1, 0.15) is 0 Å². The molecule has 0 spiro atoms. The van der Waals surface area contributed by atoms with Crippen LogP contribution in [0.15, 0.2) is 6.20 Å². The zero-order chi connectivity index (χ0) is 8.84. The van der Waals surface area contributed by atoms with Crippen molar-refractivity contribution in [1.82, 2.24) is 19.6 Å². The third kappa shape index (κ3) is 0.898. The Hall–Kier alpha value is -1.65. The molecule has 5 nitrogen and oxygen atoms in total. The van der Waals surface area contributed by atoms with Crippen molar-refractivity contribution < 1.29 is 0 Å². The fraction of sp³-hybridized carbons (Fsp3) is 0.375. The third-order valence-corrected chi connectivity index (χ3v) is 2.37. The quantitative estimate of drug-likeness (QED) is 0.620. The van der Waals surface area contributed by atoms with Crippen LogP contribution in [0.25, 0.3) is 5.78 Å². The monoisotopic (exact) mass is 175 g/mol. The number of hydrogen-bond acceptors (Lipinski definition) is 4. The lowest BCUT2D eigenvalue weighted by molar-refractivity contribution is 0.900. The first-order valence-corrected chi connectivity index (χ1v) is 4.33. The number of nitrogen functional groups attached to an aromatic ring is 1. The topological polar surface area (TPSA) is 69.1 Å². The molecule has 0 fully saturated rings. The molecule has 0 aromatic carbocycles. The van der Waals surface area contributed by atoms with Crippen LogP contribution < -0.4 is 5.73 Å². The van der Waals surface area contributed by atoms with Crippen molar-refractivity contribution in [2.45, 2.75) is 19.3 Å². The fourth-order valence-electron chi connectivity index (χ4n) is 1.78. The Kier molecular flexibility index (Phi) is 1.15. The van der Waals surface area contributed by atoms with Gasteiger partial charge in [0.25, 0.3) is 5.78 Å². The van der Waals surface area contributed by atoms with Crippen LogP contribution in [0.4, 0.5) is 5.95 Å². The van der Waals surface area contributed by atoms with Gasteiger partial charge in [0.05, 0.1) is 0 Å². The van der Waals surface area contributed by atoms with E-state index in [2.05, 4.69) is 15.1 Å². The van der Waals surface area contributed by atoms with Gasteiger partial charge in [0.15, 0.2) is 0 Å². The fourth-order valence-corrected chi connectivity index (χ4v) is 1.78. The summed E-state index contributed by atoms with van der Waals surface area (Å²) in [5, 5.41) is 4.01. The van der Waals surface area contributed by atoms with Crippen LogP contribution in [-0.4, -0.2) is 19.6 Å². The lowest BCUT2D eigenvalue weighted by Gasteiger charge is -1.96. The first-order chi connectivity index (χ1) is 6.33. The first kappa shape index (κ1) is 6.82. The molecule has 0 radical (unpaired) electrons. The Balaban J connectivity index is 2.35. The second kappa shape index (κ2) is 2.18. The molecule has 2 N–H and O–H groups in total. The number of fused-ring (bicyclic) bond motifs is 2. The van der Waals surface area contributed by atoms with Gasteiger partial charge in [-0.2, -0.15) is 4.98 Å². The van der Waals surface area contributed by atoms with Crippen molar-refractivity contribution in [3.63, 3.8) is 0 Å². The predicted octanol–water partition coefficient (Wildman–Crippen LogP) is 0.195. The van der Waals surface area contributed by atoms with Crippen LogP contribution >= 0.6 is 0 Å². The summed E-state index contributed by atoms with van der Waals surface area (Å²) in [4.78, 5) is 8.40. The molecule has 0 saturated heterocycles. The smallest absolute Gasteiger partial charge is 0.254 e. The van der Waals surface area contributed by atoms with E-state index in [0.29, 0.717) is 5.78 Å². The van der Waals surface area contributed by atoms with E-state index in [1.54, 1.807) is 4.52 Å². The second-order valence-corrected chi connectivity index (χ2v) is 3.28. The summed E-state index contributed by atoms with van der Waals surface area (Å²) >= 11 is 0. The predicted molar refractivity (Wildman–Crippen MR) is 47.2 cm³/mol. The zero-order valence-corrected chi connectivity index (χ0v) is 7.06. The molecule has 2 aromatic heterocycles. The van der Waals surface area contributed by atoms with E-state index in [-0.39, 0.29) is 5.95 Å². The summed E-state index contributed by atoms with van der Waals surface area (Å²) in [6.07, 6.45) is 5.32. The molecular weight excluding hydrogens is 166 g/mol. The van der Waals surface area contributed by atoms with Crippen molar-refractivity contribution in [1.29, 1.82) is 0 Å². The van der Waals surface area contributed by atoms with Crippen molar-refractivity contribution >= 4 is 11.7 Å². The van der Waals surface area contributed by atoms with Gasteiger partial charge >= 0.3 is 0 Å². The van der Waals surface area contributed by atoms with Crippen molar-refractivity contribution in [3.8, 4) is 0 Å². The van der Waals surface area contributed by atoms with Crippen LogP contribution in [0.5, 0.6) is 0 Å².